The highest BCUT2D eigenvalue weighted by atomic mass is 32.2. The van der Waals surface area contributed by atoms with E-state index >= 15 is 0 Å². The number of alkyl halides is 2. The molecular formula is C30H40F2N6O2S. The molecule has 1 aromatic carbocycles. The molecule has 1 aliphatic carbocycles. The van der Waals surface area contributed by atoms with Crippen molar-refractivity contribution in [1.29, 1.82) is 0 Å². The molecule has 4 heterocycles. The van der Waals surface area contributed by atoms with Crippen LogP contribution in [0.1, 0.15) is 61.7 Å². The Balaban J connectivity index is 1.24. The molecule has 4 fully saturated rings. The minimum absolute atomic E-state index is 0.0879. The van der Waals surface area contributed by atoms with E-state index in [0.717, 1.165) is 68.9 Å². The van der Waals surface area contributed by atoms with E-state index in [9.17, 15) is 13.6 Å². The molecule has 3 N–H and O–H groups in total. The Morgan fingerprint density at radius 1 is 0.878 bits per heavy atom. The molecule has 3 aliphatic heterocycles. The summed E-state index contributed by atoms with van der Waals surface area (Å²) < 4.78 is 31.2. The maximum atomic E-state index is 14.0. The third-order valence-electron chi connectivity index (χ3n) is 9.08. The van der Waals surface area contributed by atoms with E-state index in [1.165, 1.54) is 24.8 Å². The lowest BCUT2D eigenvalue weighted by Crippen LogP contribution is -2.40. The second-order valence-corrected chi connectivity index (χ2v) is 12.8. The van der Waals surface area contributed by atoms with E-state index in [4.69, 9.17) is 10.1 Å². The quantitative estimate of drug-likeness (QED) is 0.259. The van der Waals surface area contributed by atoms with Gasteiger partial charge in [0.15, 0.2) is 5.82 Å². The van der Waals surface area contributed by atoms with Crippen LogP contribution >= 0.6 is 11.9 Å². The van der Waals surface area contributed by atoms with Crippen molar-refractivity contribution in [1.82, 2.24) is 4.98 Å². The monoisotopic (exact) mass is 586 g/mol. The third-order valence-corrected chi connectivity index (χ3v) is 9.85. The number of hydrogen-bond donors (Lipinski definition) is 3. The Morgan fingerprint density at radius 3 is 2.24 bits per heavy atom. The van der Waals surface area contributed by atoms with Crippen molar-refractivity contribution in [2.75, 3.05) is 76.4 Å². The van der Waals surface area contributed by atoms with Crippen molar-refractivity contribution in [2.24, 2.45) is 5.41 Å². The zero-order valence-electron chi connectivity index (χ0n) is 23.5. The first kappa shape index (κ1) is 28.3. The molecule has 0 unspecified atom stereocenters. The van der Waals surface area contributed by atoms with Gasteiger partial charge in [-0.05, 0) is 74.3 Å². The number of carbonyl (C=O) groups is 1. The summed E-state index contributed by atoms with van der Waals surface area (Å²) in [5.41, 5.74) is 3.82. The normalized spacial score (nSPS) is 21.3. The molecule has 6 rings (SSSR count). The number of pyridine rings is 1. The zero-order valence-corrected chi connectivity index (χ0v) is 24.3. The molecule has 1 aromatic heterocycles. The molecule has 41 heavy (non-hydrogen) atoms. The summed E-state index contributed by atoms with van der Waals surface area (Å²) >= 11 is 1.43. The summed E-state index contributed by atoms with van der Waals surface area (Å²) in [5, 5.41) is 12.2. The number of hydrogen-bond acceptors (Lipinski definition) is 8. The number of aliphatic hydroxyl groups is 1. The van der Waals surface area contributed by atoms with E-state index in [1.54, 1.807) is 0 Å². The summed E-state index contributed by atoms with van der Waals surface area (Å²) in [6.07, 6.45) is 6.71. The number of rotatable bonds is 9. The highest BCUT2D eigenvalue weighted by Crippen LogP contribution is 2.54. The van der Waals surface area contributed by atoms with Gasteiger partial charge in [0, 0.05) is 63.6 Å². The maximum absolute atomic E-state index is 14.0. The van der Waals surface area contributed by atoms with Crippen LogP contribution in [0.4, 0.5) is 37.5 Å². The van der Waals surface area contributed by atoms with E-state index in [-0.39, 0.29) is 38.4 Å². The van der Waals surface area contributed by atoms with Crippen LogP contribution in [0.2, 0.25) is 0 Å². The van der Waals surface area contributed by atoms with Gasteiger partial charge in [0.1, 0.15) is 5.82 Å². The van der Waals surface area contributed by atoms with Gasteiger partial charge < -0.3 is 29.8 Å². The Hall–Kier alpha value is -2.79. The molecule has 0 atom stereocenters. The van der Waals surface area contributed by atoms with E-state index in [2.05, 4.69) is 19.8 Å². The molecular weight excluding hydrogens is 546 g/mol. The average molecular weight is 587 g/mol. The number of piperidine rings is 2. The van der Waals surface area contributed by atoms with Crippen LogP contribution in [-0.4, -0.2) is 73.5 Å². The number of benzene rings is 1. The standard InChI is InChI=1S/C30H40F2N6O2S/c31-30(32)11-17-38(18-12-30)27-24(36-13-1-2-14-36)5-6-26(33-27)34-28(40)23-4-3-22(35-41-20-19-39)21-25(23)37-15-9-29(7-8-29)10-16-37/h3-6,21,35,39H,1-2,7-20H2,(H,33,34,40). The smallest absolute Gasteiger partial charge is 0.258 e. The second-order valence-electron chi connectivity index (χ2n) is 11.9. The van der Waals surface area contributed by atoms with Crippen molar-refractivity contribution in [3.8, 4) is 0 Å². The number of nitrogens with one attached hydrogen (secondary N) is 2. The molecule has 3 saturated heterocycles. The van der Waals surface area contributed by atoms with E-state index in [0.29, 0.717) is 28.4 Å². The van der Waals surface area contributed by atoms with Gasteiger partial charge in [-0.3, -0.25) is 4.79 Å². The first-order chi connectivity index (χ1) is 19.8. The SMILES string of the molecule is O=C(Nc1ccc(N2CCCC2)c(N2CCC(F)(F)CC2)n1)c1ccc(NSCCO)cc1N1CCC2(CC1)CC2. The van der Waals surface area contributed by atoms with Gasteiger partial charge >= 0.3 is 0 Å². The number of anilines is 5. The van der Waals surface area contributed by atoms with Crippen molar-refractivity contribution in [3.05, 3.63) is 35.9 Å². The van der Waals surface area contributed by atoms with Crippen LogP contribution in [0, 0.1) is 5.41 Å². The fourth-order valence-corrected chi connectivity index (χ4v) is 6.79. The molecule has 1 spiro atoms. The van der Waals surface area contributed by atoms with Gasteiger partial charge in [0.05, 0.1) is 23.5 Å². The minimum atomic E-state index is -2.64. The van der Waals surface area contributed by atoms with Gasteiger partial charge in [-0.1, -0.05) is 11.9 Å². The van der Waals surface area contributed by atoms with Gasteiger partial charge in [-0.2, -0.15) is 0 Å². The maximum Gasteiger partial charge on any atom is 0.258 e. The van der Waals surface area contributed by atoms with Crippen molar-refractivity contribution in [2.45, 2.75) is 57.3 Å². The second kappa shape index (κ2) is 11.8. The molecule has 1 amide bonds. The summed E-state index contributed by atoms with van der Waals surface area (Å²) in [6.45, 7) is 4.23. The third kappa shape index (κ3) is 6.51. The molecule has 11 heteroatoms. The highest BCUT2D eigenvalue weighted by molar-refractivity contribution is 8.00. The first-order valence-electron chi connectivity index (χ1n) is 14.9. The molecule has 222 valence electrons. The average Bonchev–Trinajstić information content (AvgIpc) is 3.49. The first-order valence-corrected chi connectivity index (χ1v) is 15.9. The predicted octanol–water partition coefficient (Wildman–Crippen LogP) is 5.60. The van der Waals surface area contributed by atoms with Crippen molar-refractivity contribution >= 4 is 46.6 Å². The van der Waals surface area contributed by atoms with Crippen molar-refractivity contribution < 1.29 is 18.7 Å². The molecule has 0 radical (unpaired) electrons. The van der Waals surface area contributed by atoms with Crippen molar-refractivity contribution in [3.63, 3.8) is 0 Å². The van der Waals surface area contributed by atoms with E-state index in [1.807, 2.05) is 35.2 Å². The Labute approximate surface area is 245 Å². The number of amides is 1. The summed E-state index contributed by atoms with van der Waals surface area (Å²) in [4.78, 5) is 25.1. The molecule has 2 aromatic rings. The van der Waals surface area contributed by atoms with Crippen LogP contribution in [0.15, 0.2) is 30.3 Å². The fourth-order valence-electron chi connectivity index (χ4n) is 6.31. The largest absolute Gasteiger partial charge is 0.395 e. The van der Waals surface area contributed by atoms with Crippen LogP contribution < -0.4 is 24.7 Å². The lowest BCUT2D eigenvalue weighted by Gasteiger charge is -2.35. The lowest BCUT2D eigenvalue weighted by molar-refractivity contribution is -0.0221. The van der Waals surface area contributed by atoms with Gasteiger partial charge in [0.2, 0.25) is 0 Å². The highest BCUT2D eigenvalue weighted by Gasteiger charge is 2.44. The molecule has 1 saturated carbocycles. The fraction of sp³-hybridized carbons (Fsp3) is 0.600. The van der Waals surface area contributed by atoms with Gasteiger partial charge in [-0.25, -0.2) is 13.8 Å². The van der Waals surface area contributed by atoms with Crippen LogP contribution in [-0.2, 0) is 0 Å². The minimum Gasteiger partial charge on any atom is -0.395 e. The molecule has 4 aliphatic rings. The summed E-state index contributed by atoms with van der Waals surface area (Å²) in [5.74, 6) is -1.21. The Morgan fingerprint density at radius 2 is 1.56 bits per heavy atom. The summed E-state index contributed by atoms with van der Waals surface area (Å²) in [6, 6.07) is 9.56. The number of carbonyl (C=O) groups excluding carboxylic acids is 1. The van der Waals surface area contributed by atoms with Gasteiger partial charge in [0.25, 0.3) is 11.8 Å². The number of aromatic nitrogens is 1. The van der Waals surface area contributed by atoms with Gasteiger partial charge in [-0.15, -0.1) is 0 Å². The Kier molecular flexibility index (Phi) is 8.18. The number of halogens is 2. The number of nitrogens with zero attached hydrogens (tertiary/aromatic N) is 4. The van der Waals surface area contributed by atoms with E-state index < -0.39 is 5.92 Å². The Bertz CT molecular complexity index is 1230. The van der Waals surface area contributed by atoms with Crippen LogP contribution in [0.5, 0.6) is 0 Å². The predicted molar refractivity (Wildman–Crippen MR) is 163 cm³/mol. The number of aliphatic hydroxyl groups excluding tert-OH is 1. The lowest BCUT2D eigenvalue weighted by atomic mass is 9.93. The van der Waals surface area contributed by atoms with Crippen LogP contribution in [0.25, 0.3) is 0 Å². The summed E-state index contributed by atoms with van der Waals surface area (Å²) in [7, 11) is 0. The van der Waals surface area contributed by atoms with Crippen LogP contribution in [0.3, 0.4) is 0 Å². The molecule has 8 nitrogen and oxygen atoms in total. The molecule has 0 bridgehead atoms. The zero-order chi connectivity index (χ0) is 28.5. The topological polar surface area (TPSA) is 84.0 Å².